The molecule has 1 rings (SSSR count). The summed E-state index contributed by atoms with van der Waals surface area (Å²) in [5, 5.41) is 3.64. The van der Waals surface area contributed by atoms with Crippen LogP contribution in [0.25, 0.3) is 0 Å². The maximum atomic E-state index is 11.7. The topological polar surface area (TPSA) is 29.1 Å². The highest BCUT2D eigenvalue weighted by atomic mass is 32.2. The van der Waals surface area contributed by atoms with E-state index in [9.17, 15) is 4.21 Å². The van der Waals surface area contributed by atoms with Crippen molar-refractivity contribution in [2.24, 2.45) is 0 Å². The van der Waals surface area contributed by atoms with Gasteiger partial charge in [0.1, 0.15) is 0 Å². The van der Waals surface area contributed by atoms with Crippen molar-refractivity contribution in [1.82, 2.24) is 5.32 Å². The first-order valence-electron chi connectivity index (χ1n) is 6.74. The van der Waals surface area contributed by atoms with Gasteiger partial charge in [-0.05, 0) is 37.4 Å². The normalized spacial score (nSPS) is 16.2. The zero-order chi connectivity index (χ0) is 13.5. The third kappa shape index (κ3) is 4.21. The fourth-order valence-electron chi connectivity index (χ4n) is 2.01. The summed E-state index contributed by atoms with van der Waals surface area (Å²) in [7, 11) is -0.814. The molecule has 0 aromatic heterocycles. The lowest BCUT2D eigenvalue weighted by Crippen LogP contribution is -2.33. The van der Waals surface area contributed by atoms with Crippen molar-refractivity contribution in [3.63, 3.8) is 0 Å². The number of aryl methyl sites for hydroxylation is 1. The van der Waals surface area contributed by atoms with Crippen LogP contribution < -0.4 is 5.32 Å². The molecule has 0 bridgehead atoms. The summed E-state index contributed by atoms with van der Waals surface area (Å²) < 4.78 is 11.7. The van der Waals surface area contributed by atoms with Gasteiger partial charge in [-0.3, -0.25) is 4.21 Å². The Balaban J connectivity index is 2.89. The average Bonchev–Trinajstić information content (AvgIpc) is 2.39. The Bertz CT molecular complexity index is 375. The molecule has 0 aliphatic carbocycles. The number of benzene rings is 1. The van der Waals surface area contributed by atoms with Crippen LogP contribution >= 0.6 is 0 Å². The molecule has 0 aliphatic heterocycles. The Morgan fingerprint density at radius 2 is 1.83 bits per heavy atom. The second-order valence-corrected chi connectivity index (χ2v) is 6.47. The molecule has 3 atom stereocenters. The third-order valence-corrected chi connectivity index (χ3v) is 4.67. The predicted octanol–water partition coefficient (Wildman–Crippen LogP) is 3.06. The first-order valence-corrected chi connectivity index (χ1v) is 8.36. The van der Waals surface area contributed by atoms with E-state index >= 15 is 0 Å². The summed E-state index contributed by atoms with van der Waals surface area (Å²) in [5.41, 5.74) is 2.58. The summed E-state index contributed by atoms with van der Waals surface area (Å²) in [5.74, 6) is 0. The molecule has 1 N–H and O–H groups in total. The maximum Gasteiger partial charge on any atom is 0.0511 e. The van der Waals surface area contributed by atoms with Gasteiger partial charge in [0, 0.05) is 23.1 Å². The van der Waals surface area contributed by atoms with Gasteiger partial charge in [0.15, 0.2) is 0 Å². The Hall–Kier alpha value is -0.670. The molecule has 3 heteroatoms. The summed E-state index contributed by atoms with van der Waals surface area (Å²) >= 11 is 0. The summed E-state index contributed by atoms with van der Waals surface area (Å²) in [6.07, 6.45) is 3.93. The quantitative estimate of drug-likeness (QED) is 0.822. The van der Waals surface area contributed by atoms with Gasteiger partial charge in [-0.25, -0.2) is 0 Å². The molecule has 0 saturated carbocycles. The first kappa shape index (κ1) is 15.4. The smallest absolute Gasteiger partial charge is 0.0511 e. The number of hydrogen-bond acceptors (Lipinski definition) is 2. The van der Waals surface area contributed by atoms with Gasteiger partial charge in [-0.1, -0.05) is 38.1 Å². The van der Waals surface area contributed by atoms with Gasteiger partial charge in [0.05, 0.1) is 5.25 Å². The lowest BCUT2D eigenvalue weighted by Gasteiger charge is -2.24. The molecule has 18 heavy (non-hydrogen) atoms. The Morgan fingerprint density at radius 3 is 2.28 bits per heavy atom. The van der Waals surface area contributed by atoms with Crippen LogP contribution in [0, 0.1) is 0 Å². The molecular weight excluding hydrogens is 242 g/mol. The van der Waals surface area contributed by atoms with E-state index in [2.05, 4.69) is 50.4 Å². The van der Waals surface area contributed by atoms with E-state index < -0.39 is 10.8 Å². The Morgan fingerprint density at radius 1 is 1.22 bits per heavy atom. The van der Waals surface area contributed by atoms with Crippen molar-refractivity contribution in [2.45, 2.75) is 44.9 Å². The fraction of sp³-hybridized carbons (Fsp3) is 0.600. The second kappa shape index (κ2) is 7.70. The lowest BCUT2D eigenvalue weighted by atomic mass is 10.0. The SMILES string of the molecule is CCCNC(c1ccc(CC)cc1)C(C)S(C)=O. The fourth-order valence-corrected chi connectivity index (χ4v) is 2.64. The van der Waals surface area contributed by atoms with Crippen LogP contribution in [0.2, 0.25) is 0 Å². The maximum absolute atomic E-state index is 11.7. The van der Waals surface area contributed by atoms with Crippen molar-refractivity contribution in [3.8, 4) is 0 Å². The average molecular weight is 267 g/mol. The van der Waals surface area contributed by atoms with Gasteiger partial charge < -0.3 is 5.32 Å². The molecule has 0 radical (unpaired) electrons. The number of hydrogen-bond donors (Lipinski definition) is 1. The van der Waals surface area contributed by atoms with Crippen molar-refractivity contribution in [3.05, 3.63) is 35.4 Å². The first-order chi connectivity index (χ1) is 8.60. The lowest BCUT2D eigenvalue weighted by molar-refractivity contribution is 0.519. The van der Waals surface area contributed by atoms with Gasteiger partial charge in [-0.15, -0.1) is 0 Å². The molecule has 0 aliphatic rings. The Labute approximate surface area is 114 Å². The van der Waals surface area contributed by atoms with Crippen molar-refractivity contribution < 1.29 is 4.21 Å². The van der Waals surface area contributed by atoms with Crippen LogP contribution in [0.5, 0.6) is 0 Å². The molecule has 2 nitrogen and oxygen atoms in total. The van der Waals surface area contributed by atoms with Gasteiger partial charge in [0.25, 0.3) is 0 Å². The number of nitrogens with one attached hydrogen (secondary N) is 1. The molecule has 1 aromatic carbocycles. The predicted molar refractivity (Wildman–Crippen MR) is 80.4 cm³/mol. The van der Waals surface area contributed by atoms with Crippen molar-refractivity contribution in [2.75, 3.05) is 12.8 Å². The van der Waals surface area contributed by atoms with Crippen LogP contribution in [0.3, 0.4) is 0 Å². The van der Waals surface area contributed by atoms with Gasteiger partial charge >= 0.3 is 0 Å². The summed E-state index contributed by atoms with van der Waals surface area (Å²) in [6.45, 7) is 7.32. The number of rotatable bonds is 7. The standard InChI is InChI=1S/C15H25NOS/c1-5-11-16-15(12(3)18(4)17)14-9-7-13(6-2)8-10-14/h7-10,12,15-16H,5-6,11H2,1-4H3. The van der Waals surface area contributed by atoms with E-state index in [4.69, 9.17) is 0 Å². The third-order valence-electron chi connectivity index (χ3n) is 3.35. The van der Waals surface area contributed by atoms with E-state index in [1.807, 2.05) is 0 Å². The van der Waals surface area contributed by atoms with Crippen LogP contribution in [-0.2, 0) is 17.2 Å². The van der Waals surface area contributed by atoms with E-state index in [1.165, 1.54) is 11.1 Å². The molecule has 0 spiro atoms. The van der Waals surface area contributed by atoms with Gasteiger partial charge in [0.2, 0.25) is 0 Å². The molecular formula is C15H25NOS. The summed E-state index contributed by atoms with van der Waals surface area (Å²) in [4.78, 5) is 0. The molecule has 1 aromatic rings. The van der Waals surface area contributed by atoms with Crippen LogP contribution in [-0.4, -0.2) is 22.3 Å². The largest absolute Gasteiger partial charge is 0.309 e. The van der Waals surface area contributed by atoms with Gasteiger partial charge in [-0.2, -0.15) is 0 Å². The second-order valence-electron chi connectivity index (χ2n) is 4.73. The monoisotopic (exact) mass is 267 g/mol. The van der Waals surface area contributed by atoms with E-state index in [0.29, 0.717) is 0 Å². The highest BCUT2D eigenvalue weighted by Crippen LogP contribution is 2.21. The molecule has 0 heterocycles. The molecule has 3 unspecified atom stereocenters. The summed E-state index contributed by atoms with van der Waals surface area (Å²) in [6, 6.07) is 8.84. The molecule has 0 fully saturated rings. The molecule has 0 saturated heterocycles. The highest BCUT2D eigenvalue weighted by molar-refractivity contribution is 7.84. The van der Waals surface area contributed by atoms with E-state index in [0.717, 1.165) is 19.4 Å². The minimum absolute atomic E-state index is 0.129. The van der Waals surface area contributed by atoms with E-state index in [-0.39, 0.29) is 11.3 Å². The molecule has 102 valence electrons. The van der Waals surface area contributed by atoms with Crippen molar-refractivity contribution >= 4 is 10.8 Å². The van der Waals surface area contributed by atoms with Crippen LogP contribution in [0.4, 0.5) is 0 Å². The minimum atomic E-state index is -0.814. The van der Waals surface area contributed by atoms with Crippen LogP contribution in [0.1, 0.15) is 44.4 Å². The van der Waals surface area contributed by atoms with Crippen molar-refractivity contribution in [1.29, 1.82) is 0 Å². The highest BCUT2D eigenvalue weighted by Gasteiger charge is 2.21. The minimum Gasteiger partial charge on any atom is -0.309 e. The van der Waals surface area contributed by atoms with E-state index in [1.54, 1.807) is 6.26 Å². The zero-order valence-corrected chi connectivity index (χ0v) is 12.7. The van der Waals surface area contributed by atoms with Crippen LogP contribution in [0.15, 0.2) is 24.3 Å². The zero-order valence-electron chi connectivity index (χ0n) is 11.9. The molecule has 0 amide bonds. The Kier molecular flexibility index (Phi) is 6.58.